The van der Waals surface area contributed by atoms with Crippen LogP contribution in [0.5, 0.6) is 40.2 Å². The Morgan fingerprint density at radius 2 is 0.889 bits per heavy atom. The zero-order valence-corrected chi connectivity index (χ0v) is 53.4. The van der Waals surface area contributed by atoms with E-state index in [2.05, 4.69) is 32.4 Å². The number of esters is 3. The highest BCUT2D eigenvalue weighted by Gasteiger charge is 2.18. The smallest absolute Gasteiger partial charge is 0.338 e. The number of methoxy groups -OCH3 is 4. The fourth-order valence-corrected chi connectivity index (χ4v) is 8.07. The van der Waals surface area contributed by atoms with Crippen LogP contribution >= 0.6 is 0 Å². The number of phenols is 3. The molecule has 0 spiro atoms. The van der Waals surface area contributed by atoms with Gasteiger partial charge < -0.3 is 59.1 Å². The van der Waals surface area contributed by atoms with Crippen LogP contribution in [-0.2, 0) is 39.9 Å². The number of hydrogen-bond acceptors (Lipinski definition) is 16. The van der Waals surface area contributed by atoms with Crippen molar-refractivity contribution in [1.82, 2.24) is 0 Å². The Bertz CT molecular complexity index is 3110. The molecule has 0 radical (unpaired) electrons. The summed E-state index contributed by atoms with van der Waals surface area (Å²) in [5.41, 5.74) is 6.63. The van der Waals surface area contributed by atoms with Gasteiger partial charge in [-0.2, -0.15) is 0 Å². The summed E-state index contributed by atoms with van der Waals surface area (Å²) in [4.78, 5) is 64.7. The van der Waals surface area contributed by atoms with Crippen LogP contribution in [0.3, 0.4) is 0 Å². The Morgan fingerprint density at radius 3 is 1.26 bits per heavy atom. The van der Waals surface area contributed by atoms with Crippen molar-refractivity contribution in [2.24, 2.45) is 11.8 Å². The quantitative estimate of drug-likeness (QED) is 0.0108. The Morgan fingerprint density at radius 1 is 0.511 bits per heavy atom. The number of hydrogen-bond donors (Lipinski definition) is 6. The monoisotopic (exact) mass is 1250 g/mol. The number of carbonyl (C=O) groups excluding carboxylic acids is 4. The van der Waals surface area contributed by atoms with Crippen molar-refractivity contribution in [1.29, 1.82) is 0 Å². The van der Waals surface area contributed by atoms with Crippen LogP contribution in [0.2, 0.25) is 0 Å². The first-order valence-corrected chi connectivity index (χ1v) is 29.1. The molecule has 6 N–H and O–H groups in total. The van der Waals surface area contributed by atoms with Gasteiger partial charge in [-0.15, -0.1) is 0 Å². The number of aliphatic hydroxyl groups is 1. The maximum atomic E-state index is 13.0. The second kappa shape index (κ2) is 45.8. The molecule has 2 unspecified atom stereocenters. The number of benzene rings is 6. The number of carboxylic acids is 2. The molecule has 18 nitrogen and oxygen atoms in total. The van der Waals surface area contributed by atoms with E-state index >= 15 is 0 Å². The van der Waals surface area contributed by atoms with Gasteiger partial charge in [-0.1, -0.05) is 116 Å². The Labute approximate surface area is 531 Å². The molecule has 6 aromatic rings. The largest absolute Gasteiger partial charge is 0.508 e. The molecule has 90 heavy (non-hydrogen) atoms. The topological polar surface area (TPSA) is 279 Å². The molecule has 6 rings (SSSR count). The predicted molar refractivity (Wildman–Crippen MR) is 353 cm³/mol. The van der Waals surface area contributed by atoms with Gasteiger partial charge in [-0.05, 0) is 168 Å². The lowest BCUT2D eigenvalue weighted by atomic mass is 10.00. The second-order valence-electron chi connectivity index (χ2n) is 20.3. The summed E-state index contributed by atoms with van der Waals surface area (Å²) >= 11 is 0. The minimum absolute atomic E-state index is 0. The van der Waals surface area contributed by atoms with Gasteiger partial charge in [0.2, 0.25) is 0 Å². The van der Waals surface area contributed by atoms with Crippen molar-refractivity contribution in [3.8, 4) is 40.2 Å². The summed E-state index contributed by atoms with van der Waals surface area (Å²) in [7, 11) is 6.32. The van der Waals surface area contributed by atoms with E-state index in [-0.39, 0.29) is 36.7 Å². The van der Waals surface area contributed by atoms with Gasteiger partial charge in [0.25, 0.3) is 0 Å². The number of carbonyl (C=O) groups is 6. The average Bonchev–Trinajstić information content (AvgIpc) is 3.72. The summed E-state index contributed by atoms with van der Waals surface area (Å²) in [6, 6.07) is 35.1. The molecule has 0 fully saturated rings. The summed E-state index contributed by atoms with van der Waals surface area (Å²) in [5, 5.41) is 54.3. The Balaban J connectivity index is 0.00000114. The molecular formula is C72H94O18. The molecule has 2 atom stereocenters. The van der Waals surface area contributed by atoms with E-state index < -0.39 is 29.8 Å². The number of unbranched alkanes of at least 4 members (excludes halogenated alkanes) is 2. The van der Waals surface area contributed by atoms with Crippen LogP contribution in [0.1, 0.15) is 150 Å². The number of ether oxygens (including phenoxy) is 6. The lowest BCUT2D eigenvalue weighted by Gasteiger charge is -2.16. The van der Waals surface area contributed by atoms with Gasteiger partial charge in [-0.25, -0.2) is 9.59 Å². The van der Waals surface area contributed by atoms with E-state index in [4.69, 9.17) is 39.0 Å². The lowest BCUT2D eigenvalue weighted by Crippen LogP contribution is -2.15. The van der Waals surface area contributed by atoms with E-state index in [1.54, 1.807) is 107 Å². The lowest BCUT2D eigenvalue weighted by molar-refractivity contribution is -0.156. The van der Waals surface area contributed by atoms with Crippen molar-refractivity contribution in [2.75, 3.05) is 41.7 Å². The SMILES string of the molecule is C.CC(=O)OC(C)=O.CCCCC(CC)CO.CCCCC(CC)COC(=O)/C(=C/c1cc(OC)cc(OC)c1)c1ccc(O)cc1.COc1cc(C)cc(/C=C(/C(=O)O)c2ccc(O)cc2)c1.COc1cc(C)cc(C=O)c1.O=C(O)Cc1ccc(O)cc1. The molecule has 0 aliphatic heterocycles. The van der Waals surface area contributed by atoms with Crippen LogP contribution in [0.4, 0.5) is 0 Å². The predicted octanol–water partition coefficient (Wildman–Crippen LogP) is 14.8. The zero-order valence-electron chi connectivity index (χ0n) is 53.4. The van der Waals surface area contributed by atoms with Gasteiger partial charge in [0, 0.05) is 32.1 Å². The number of phenolic OH excluding ortho intramolecular Hbond substituents is 3. The Kier molecular flexibility index (Phi) is 41.0. The van der Waals surface area contributed by atoms with Crippen molar-refractivity contribution in [3.63, 3.8) is 0 Å². The summed E-state index contributed by atoms with van der Waals surface area (Å²) in [6.07, 6.45) is 13.3. The van der Waals surface area contributed by atoms with Crippen molar-refractivity contribution in [2.45, 2.75) is 121 Å². The molecule has 0 saturated heterocycles. The second-order valence-corrected chi connectivity index (χ2v) is 20.3. The zero-order chi connectivity index (χ0) is 66.8. The first-order chi connectivity index (χ1) is 42.4. The molecule has 0 saturated carbocycles. The molecule has 18 heteroatoms. The number of aldehydes is 1. The number of carboxylic acid groups (broad SMARTS) is 2. The van der Waals surface area contributed by atoms with Gasteiger partial charge in [0.15, 0.2) is 0 Å². The van der Waals surface area contributed by atoms with E-state index in [0.717, 1.165) is 66.4 Å². The number of aryl methyl sites for hydroxylation is 2. The molecule has 0 bridgehead atoms. The van der Waals surface area contributed by atoms with Crippen molar-refractivity contribution >= 4 is 59.4 Å². The number of aromatic hydroxyl groups is 3. The molecule has 0 aliphatic carbocycles. The summed E-state index contributed by atoms with van der Waals surface area (Å²) in [6.45, 7) is 15.6. The maximum Gasteiger partial charge on any atom is 0.338 e. The summed E-state index contributed by atoms with van der Waals surface area (Å²) in [5.74, 6) is 0.559. The molecule has 490 valence electrons. The van der Waals surface area contributed by atoms with Crippen LogP contribution in [0, 0.1) is 25.7 Å². The first kappa shape index (κ1) is 80.6. The van der Waals surface area contributed by atoms with Gasteiger partial charge >= 0.3 is 29.8 Å². The average molecular weight is 1250 g/mol. The molecule has 0 heterocycles. The third-order valence-corrected chi connectivity index (χ3v) is 12.9. The molecule has 0 amide bonds. The van der Waals surface area contributed by atoms with E-state index in [1.165, 1.54) is 57.4 Å². The van der Waals surface area contributed by atoms with Gasteiger partial charge in [-0.3, -0.25) is 19.2 Å². The summed E-state index contributed by atoms with van der Waals surface area (Å²) < 4.78 is 30.5. The first-order valence-electron chi connectivity index (χ1n) is 29.1. The third kappa shape index (κ3) is 34.2. The van der Waals surface area contributed by atoms with E-state index in [1.807, 2.05) is 50.2 Å². The standard InChI is InChI=1S/C25H32O5.C17H16O4.C9H10O2.C8H8O3.C8H18O.C4H6O3.CH4/c1-5-7-8-18(6-2)17-30-25(27)24(20-9-11-21(26)12-10-20)15-19-13-22(28-3)16-23(14-19)29-4;1-11-7-12(9-15(8-11)21-2)10-16(17(19)20)13-3-5-14(18)6-4-13;1-7-3-8(6-10)5-9(4-7)11-2;9-7-3-1-6(2-4-7)5-8(10)11;1-3-5-6-8(4-2)7-9;1-3(5)7-4(2)6;/h9-16,18,26H,5-8,17H2,1-4H3;3-10,18H,1-2H3,(H,19,20);3-6H,1-2H3;1-4,9H,5H2,(H,10,11);8-9H,3-7H2,1-2H3;1-2H3;1H4/b24-15+;16-10+;;;;;. The highest BCUT2D eigenvalue weighted by Crippen LogP contribution is 2.29. The molecule has 0 aliphatic rings. The van der Waals surface area contributed by atoms with Gasteiger partial charge in [0.05, 0.1) is 52.6 Å². The van der Waals surface area contributed by atoms with Gasteiger partial charge in [0.1, 0.15) is 46.5 Å². The Hall–Kier alpha value is -9.42. The minimum Gasteiger partial charge on any atom is -0.508 e. The molecule has 6 aromatic carbocycles. The maximum absolute atomic E-state index is 13.0. The number of aliphatic carboxylic acids is 2. The number of aliphatic hydroxyl groups excluding tert-OH is 1. The van der Waals surface area contributed by atoms with E-state index in [0.29, 0.717) is 70.1 Å². The molecular weight excluding hydrogens is 1150 g/mol. The van der Waals surface area contributed by atoms with Crippen LogP contribution in [-0.4, -0.2) is 108 Å². The van der Waals surface area contributed by atoms with Crippen molar-refractivity contribution < 1.29 is 87.8 Å². The van der Waals surface area contributed by atoms with E-state index in [9.17, 15) is 44.1 Å². The fourth-order valence-electron chi connectivity index (χ4n) is 8.07. The van der Waals surface area contributed by atoms with Crippen molar-refractivity contribution in [3.05, 3.63) is 172 Å². The highest BCUT2D eigenvalue weighted by molar-refractivity contribution is 6.22. The molecule has 0 aromatic heterocycles. The van der Waals surface area contributed by atoms with Crippen LogP contribution in [0.15, 0.2) is 127 Å². The van der Waals surface area contributed by atoms with Crippen LogP contribution < -0.4 is 18.9 Å². The fraction of sp³-hybridized carbons (Fsp3) is 0.361. The minimum atomic E-state index is -1.03. The third-order valence-electron chi connectivity index (χ3n) is 12.9. The normalized spacial score (nSPS) is 11.0. The number of rotatable bonds is 24. The van der Waals surface area contributed by atoms with Crippen LogP contribution in [0.25, 0.3) is 23.3 Å². The highest BCUT2D eigenvalue weighted by atomic mass is 16.6.